The number of thiophene rings is 1. The highest BCUT2D eigenvalue weighted by Gasteiger charge is 2.18. The summed E-state index contributed by atoms with van der Waals surface area (Å²) in [7, 11) is 0. The number of para-hydroxylation sites is 1. The van der Waals surface area contributed by atoms with Crippen LogP contribution in [0.3, 0.4) is 0 Å². The third-order valence-corrected chi connectivity index (χ3v) is 6.25. The molecule has 0 aliphatic rings. The number of aromatic nitrogens is 2. The van der Waals surface area contributed by atoms with Crippen molar-refractivity contribution in [1.82, 2.24) is 9.13 Å². The second-order valence-corrected chi connectivity index (χ2v) is 8.49. The van der Waals surface area contributed by atoms with Crippen molar-refractivity contribution in [1.29, 1.82) is 0 Å². The van der Waals surface area contributed by atoms with Crippen LogP contribution in [-0.2, 0) is 17.8 Å². The standard InChI is InChI=1S/C23H20ClN3O3S/c1-3-15-7-4-6-14(2)20(15)25-19(28)13-26-18-10-11-31-21(18)22(29)27(23(26)30)17-9-5-8-16(24)12-17/h4-12H,3,13H2,1-2H3,(H,25,28). The second kappa shape index (κ2) is 8.53. The average molecular weight is 454 g/mol. The van der Waals surface area contributed by atoms with Gasteiger partial charge < -0.3 is 5.32 Å². The molecule has 2 aromatic heterocycles. The maximum Gasteiger partial charge on any atom is 0.336 e. The first-order valence-electron chi connectivity index (χ1n) is 9.78. The number of carbonyl (C=O) groups is 1. The van der Waals surface area contributed by atoms with Crippen LogP contribution in [-0.4, -0.2) is 15.0 Å². The molecule has 4 aromatic rings. The van der Waals surface area contributed by atoms with Crippen molar-refractivity contribution >= 4 is 44.7 Å². The zero-order chi connectivity index (χ0) is 22.1. The average Bonchev–Trinajstić information content (AvgIpc) is 3.23. The summed E-state index contributed by atoms with van der Waals surface area (Å²) in [5.41, 5.74) is 2.51. The van der Waals surface area contributed by atoms with Crippen LogP contribution >= 0.6 is 22.9 Å². The van der Waals surface area contributed by atoms with Gasteiger partial charge >= 0.3 is 5.69 Å². The fourth-order valence-electron chi connectivity index (χ4n) is 3.61. The number of benzene rings is 2. The Morgan fingerprint density at radius 3 is 2.65 bits per heavy atom. The molecule has 1 N–H and O–H groups in total. The van der Waals surface area contributed by atoms with Crippen LogP contribution < -0.4 is 16.6 Å². The van der Waals surface area contributed by atoms with Crippen LogP contribution in [0, 0.1) is 6.92 Å². The minimum absolute atomic E-state index is 0.218. The van der Waals surface area contributed by atoms with Crippen molar-refractivity contribution in [2.75, 3.05) is 5.32 Å². The Balaban J connectivity index is 1.80. The molecule has 0 saturated heterocycles. The van der Waals surface area contributed by atoms with Crippen molar-refractivity contribution in [3.05, 3.63) is 90.9 Å². The van der Waals surface area contributed by atoms with Gasteiger partial charge in [-0.1, -0.05) is 42.8 Å². The van der Waals surface area contributed by atoms with E-state index in [-0.39, 0.29) is 12.5 Å². The number of anilines is 1. The molecule has 158 valence electrons. The fourth-order valence-corrected chi connectivity index (χ4v) is 4.62. The first-order valence-corrected chi connectivity index (χ1v) is 11.0. The molecule has 8 heteroatoms. The van der Waals surface area contributed by atoms with Gasteiger partial charge in [-0.3, -0.25) is 14.2 Å². The lowest BCUT2D eigenvalue weighted by Gasteiger charge is -2.15. The van der Waals surface area contributed by atoms with Gasteiger partial charge in [-0.05, 0) is 54.1 Å². The minimum atomic E-state index is -0.589. The maximum atomic E-state index is 13.3. The number of rotatable bonds is 5. The summed E-state index contributed by atoms with van der Waals surface area (Å²) in [5.74, 6) is -0.338. The van der Waals surface area contributed by atoms with Gasteiger partial charge in [-0.15, -0.1) is 11.3 Å². The first-order chi connectivity index (χ1) is 14.9. The molecule has 2 aromatic carbocycles. The molecule has 2 heterocycles. The number of halogens is 1. The van der Waals surface area contributed by atoms with Gasteiger partial charge in [0, 0.05) is 10.7 Å². The number of carbonyl (C=O) groups excluding carboxylic acids is 1. The maximum absolute atomic E-state index is 13.3. The lowest BCUT2D eigenvalue weighted by atomic mass is 10.1. The highest BCUT2D eigenvalue weighted by Crippen LogP contribution is 2.22. The smallest absolute Gasteiger partial charge is 0.324 e. The van der Waals surface area contributed by atoms with Crippen LogP contribution in [0.25, 0.3) is 15.9 Å². The van der Waals surface area contributed by atoms with Crippen LogP contribution in [0.1, 0.15) is 18.1 Å². The molecule has 0 unspecified atom stereocenters. The SMILES string of the molecule is CCc1cccc(C)c1NC(=O)Cn1c(=O)n(-c2cccc(Cl)c2)c(=O)c2sccc21. The molecule has 0 aliphatic heterocycles. The van der Waals surface area contributed by atoms with E-state index < -0.39 is 11.2 Å². The molecule has 0 fully saturated rings. The zero-order valence-corrected chi connectivity index (χ0v) is 18.6. The van der Waals surface area contributed by atoms with Crippen molar-refractivity contribution in [3.8, 4) is 5.69 Å². The van der Waals surface area contributed by atoms with Crippen LogP contribution in [0.4, 0.5) is 5.69 Å². The van der Waals surface area contributed by atoms with Crippen molar-refractivity contribution in [2.24, 2.45) is 0 Å². The third kappa shape index (κ3) is 3.94. The van der Waals surface area contributed by atoms with Gasteiger partial charge in [0.15, 0.2) is 0 Å². The molecule has 4 rings (SSSR count). The van der Waals surface area contributed by atoms with Gasteiger partial charge in [-0.25, -0.2) is 9.36 Å². The predicted octanol–water partition coefficient (Wildman–Crippen LogP) is 4.38. The first kappa shape index (κ1) is 21.1. The number of hydrogen-bond donors (Lipinski definition) is 1. The zero-order valence-electron chi connectivity index (χ0n) is 17.0. The molecule has 1 amide bonds. The van der Waals surface area contributed by atoms with Crippen LogP contribution in [0.2, 0.25) is 5.02 Å². The van der Waals surface area contributed by atoms with E-state index in [9.17, 15) is 14.4 Å². The Morgan fingerprint density at radius 2 is 1.90 bits per heavy atom. The Morgan fingerprint density at radius 1 is 1.13 bits per heavy atom. The Labute approximate surface area is 187 Å². The summed E-state index contributed by atoms with van der Waals surface area (Å²) in [6.45, 7) is 3.73. The van der Waals surface area contributed by atoms with E-state index in [0.29, 0.717) is 20.9 Å². The summed E-state index contributed by atoms with van der Waals surface area (Å²) in [4.78, 5) is 39.2. The van der Waals surface area contributed by atoms with Gasteiger partial charge in [0.1, 0.15) is 11.2 Å². The van der Waals surface area contributed by atoms with Crippen LogP contribution in [0.5, 0.6) is 0 Å². The van der Waals surface area contributed by atoms with Gasteiger partial charge in [0.25, 0.3) is 5.56 Å². The van der Waals surface area contributed by atoms with E-state index in [1.807, 2.05) is 32.0 Å². The third-order valence-electron chi connectivity index (χ3n) is 5.13. The molecular weight excluding hydrogens is 434 g/mol. The number of aryl methyl sites for hydroxylation is 2. The summed E-state index contributed by atoms with van der Waals surface area (Å²) >= 11 is 7.30. The minimum Gasteiger partial charge on any atom is -0.324 e. The second-order valence-electron chi connectivity index (χ2n) is 7.13. The Bertz CT molecular complexity index is 1420. The van der Waals surface area contributed by atoms with E-state index in [4.69, 9.17) is 11.6 Å². The Hall–Kier alpha value is -3.16. The normalized spacial score (nSPS) is 11.1. The summed E-state index contributed by atoms with van der Waals surface area (Å²) in [6, 6.07) is 14.0. The Kier molecular flexibility index (Phi) is 5.80. The molecule has 0 atom stereocenters. The van der Waals surface area contributed by atoms with E-state index in [1.54, 1.807) is 35.7 Å². The molecule has 6 nitrogen and oxygen atoms in total. The lowest BCUT2D eigenvalue weighted by molar-refractivity contribution is -0.116. The van der Waals surface area contributed by atoms with Gasteiger partial charge in [-0.2, -0.15) is 0 Å². The largest absolute Gasteiger partial charge is 0.336 e. The highest BCUT2D eigenvalue weighted by atomic mass is 35.5. The molecular formula is C23H20ClN3O3S. The summed E-state index contributed by atoms with van der Waals surface area (Å²) in [6.07, 6.45) is 0.770. The lowest BCUT2D eigenvalue weighted by Crippen LogP contribution is -2.40. The molecule has 0 saturated carbocycles. The van der Waals surface area contributed by atoms with Crippen molar-refractivity contribution in [3.63, 3.8) is 0 Å². The molecule has 0 bridgehead atoms. The summed E-state index contributed by atoms with van der Waals surface area (Å²) < 4.78 is 2.79. The number of nitrogens with zero attached hydrogens (tertiary/aromatic N) is 2. The van der Waals surface area contributed by atoms with E-state index >= 15 is 0 Å². The number of hydrogen-bond acceptors (Lipinski definition) is 4. The van der Waals surface area contributed by atoms with Crippen molar-refractivity contribution in [2.45, 2.75) is 26.8 Å². The number of fused-ring (bicyclic) bond motifs is 1. The fraction of sp³-hybridized carbons (Fsp3) is 0.174. The van der Waals surface area contributed by atoms with E-state index in [2.05, 4.69) is 5.32 Å². The topological polar surface area (TPSA) is 73.1 Å². The highest BCUT2D eigenvalue weighted by molar-refractivity contribution is 7.17. The van der Waals surface area contributed by atoms with E-state index in [0.717, 1.165) is 27.8 Å². The van der Waals surface area contributed by atoms with E-state index in [1.165, 1.54) is 15.9 Å². The van der Waals surface area contributed by atoms with Crippen LogP contribution in [0.15, 0.2) is 63.5 Å². The molecule has 0 aliphatic carbocycles. The summed E-state index contributed by atoms with van der Waals surface area (Å²) in [5, 5.41) is 5.08. The molecule has 0 radical (unpaired) electrons. The predicted molar refractivity (Wildman–Crippen MR) is 126 cm³/mol. The number of amides is 1. The number of nitrogens with one attached hydrogen (secondary N) is 1. The van der Waals surface area contributed by atoms with Crippen molar-refractivity contribution < 1.29 is 4.79 Å². The van der Waals surface area contributed by atoms with Gasteiger partial charge in [0.2, 0.25) is 5.91 Å². The molecule has 0 spiro atoms. The molecule has 31 heavy (non-hydrogen) atoms. The van der Waals surface area contributed by atoms with Gasteiger partial charge in [0.05, 0.1) is 11.2 Å². The monoisotopic (exact) mass is 453 g/mol. The quantitative estimate of drug-likeness (QED) is 0.487.